The highest BCUT2D eigenvalue weighted by molar-refractivity contribution is 6.03. The van der Waals surface area contributed by atoms with Gasteiger partial charge in [-0.05, 0) is 43.2 Å². The number of hydrogen-bond acceptors (Lipinski definition) is 5. The van der Waals surface area contributed by atoms with E-state index in [1.165, 1.54) is 0 Å². The molecule has 1 N–H and O–H groups in total. The van der Waals surface area contributed by atoms with Crippen molar-refractivity contribution in [3.8, 4) is 0 Å². The second-order valence-corrected chi connectivity index (χ2v) is 7.27. The Labute approximate surface area is 159 Å². The summed E-state index contributed by atoms with van der Waals surface area (Å²) in [6.07, 6.45) is 3.47. The Morgan fingerprint density at radius 2 is 1.85 bits per heavy atom. The molecular weight excluding hydrogens is 342 g/mol. The Morgan fingerprint density at radius 1 is 1.11 bits per heavy atom. The number of nitrogens with zero attached hydrogens (tertiary/aromatic N) is 2. The molecular formula is C21H25N3O3. The number of carbonyl (C=O) groups excluding carboxylic acids is 1. The van der Waals surface area contributed by atoms with Crippen molar-refractivity contribution in [3.63, 3.8) is 0 Å². The van der Waals surface area contributed by atoms with Crippen molar-refractivity contribution in [1.82, 2.24) is 4.98 Å². The first kappa shape index (κ1) is 17.9. The highest BCUT2D eigenvalue weighted by atomic mass is 16.7. The number of aromatic nitrogens is 1. The lowest BCUT2D eigenvalue weighted by Gasteiger charge is -2.38. The molecule has 0 radical (unpaired) electrons. The second kappa shape index (κ2) is 7.29. The van der Waals surface area contributed by atoms with Crippen LogP contribution >= 0.6 is 0 Å². The summed E-state index contributed by atoms with van der Waals surface area (Å²) in [5, 5.41) is 2.95. The monoisotopic (exact) mass is 367 g/mol. The zero-order valence-electron chi connectivity index (χ0n) is 15.8. The van der Waals surface area contributed by atoms with E-state index in [0.29, 0.717) is 18.9 Å². The van der Waals surface area contributed by atoms with Gasteiger partial charge >= 0.3 is 0 Å². The fourth-order valence-corrected chi connectivity index (χ4v) is 3.66. The maximum Gasteiger partial charge on any atom is 0.274 e. The number of ether oxygens (including phenoxy) is 2. The third-order valence-corrected chi connectivity index (χ3v) is 5.33. The molecule has 0 aliphatic carbocycles. The normalized spacial score (nSPS) is 18.7. The Kier molecular flexibility index (Phi) is 4.85. The van der Waals surface area contributed by atoms with E-state index < -0.39 is 0 Å². The van der Waals surface area contributed by atoms with E-state index in [1.54, 1.807) is 12.3 Å². The van der Waals surface area contributed by atoms with Gasteiger partial charge in [0.25, 0.3) is 5.91 Å². The van der Waals surface area contributed by atoms with Crippen LogP contribution in [0.4, 0.5) is 11.4 Å². The minimum atomic E-state index is -0.380. The summed E-state index contributed by atoms with van der Waals surface area (Å²) in [5.41, 5.74) is 4.40. The Balaban J connectivity index is 1.40. The van der Waals surface area contributed by atoms with Gasteiger partial charge in [0.1, 0.15) is 5.69 Å². The van der Waals surface area contributed by atoms with Gasteiger partial charge in [0, 0.05) is 31.6 Å². The van der Waals surface area contributed by atoms with Crippen LogP contribution in [-0.2, 0) is 9.47 Å². The van der Waals surface area contributed by atoms with E-state index >= 15 is 0 Å². The molecule has 2 fully saturated rings. The largest absolute Gasteiger partial charge is 0.370 e. The molecule has 6 heteroatoms. The highest BCUT2D eigenvalue weighted by Gasteiger charge is 2.39. The van der Waals surface area contributed by atoms with Crippen LogP contribution in [0.2, 0.25) is 0 Å². The number of aryl methyl sites for hydroxylation is 2. The molecule has 6 nitrogen and oxygen atoms in total. The van der Waals surface area contributed by atoms with E-state index in [-0.39, 0.29) is 11.7 Å². The topological polar surface area (TPSA) is 63.7 Å². The number of hydrogen-bond donors (Lipinski definition) is 1. The highest BCUT2D eigenvalue weighted by Crippen LogP contribution is 2.33. The Hall–Kier alpha value is -2.44. The lowest BCUT2D eigenvalue weighted by molar-refractivity contribution is -0.169. The Bertz CT molecular complexity index is 819. The zero-order chi connectivity index (χ0) is 18.9. The average Bonchev–Trinajstić information content (AvgIpc) is 3.13. The van der Waals surface area contributed by atoms with E-state index in [9.17, 15) is 4.79 Å². The number of anilines is 2. The summed E-state index contributed by atoms with van der Waals surface area (Å²) in [5.74, 6) is -0.573. The van der Waals surface area contributed by atoms with Crippen molar-refractivity contribution in [2.75, 3.05) is 36.5 Å². The summed E-state index contributed by atoms with van der Waals surface area (Å²) in [7, 11) is 0. The first-order chi connectivity index (χ1) is 13.0. The quantitative estimate of drug-likeness (QED) is 0.902. The van der Waals surface area contributed by atoms with Crippen LogP contribution in [0, 0.1) is 13.8 Å². The van der Waals surface area contributed by atoms with Gasteiger partial charge in [-0.1, -0.05) is 12.1 Å². The number of rotatable bonds is 3. The molecule has 3 heterocycles. The van der Waals surface area contributed by atoms with Gasteiger partial charge in [0.2, 0.25) is 0 Å². The molecule has 2 aliphatic heterocycles. The summed E-state index contributed by atoms with van der Waals surface area (Å²) >= 11 is 0. The van der Waals surface area contributed by atoms with Crippen LogP contribution < -0.4 is 10.2 Å². The zero-order valence-corrected chi connectivity index (χ0v) is 15.8. The van der Waals surface area contributed by atoms with Crippen molar-refractivity contribution >= 4 is 17.3 Å². The Morgan fingerprint density at radius 3 is 2.52 bits per heavy atom. The van der Waals surface area contributed by atoms with Crippen molar-refractivity contribution in [1.29, 1.82) is 0 Å². The molecule has 1 amide bonds. The number of piperidine rings is 1. The van der Waals surface area contributed by atoms with Crippen LogP contribution in [0.15, 0.2) is 36.5 Å². The standard InChI is InChI=1S/C21H25N3O3/c1-15-3-4-16(2)19(13-15)23-20(25)18-6-5-17(14-22-18)24-9-7-21(8-10-24)26-11-12-27-21/h3-6,13-14H,7-12H2,1-2H3,(H,23,25). The molecule has 1 spiro atoms. The fraction of sp³-hybridized carbons (Fsp3) is 0.429. The smallest absolute Gasteiger partial charge is 0.274 e. The SMILES string of the molecule is Cc1ccc(C)c(NC(=O)c2ccc(N3CCC4(CC3)OCCO4)cn2)c1. The van der Waals surface area contributed by atoms with E-state index in [2.05, 4.69) is 15.2 Å². The lowest BCUT2D eigenvalue weighted by Crippen LogP contribution is -2.45. The number of benzene rings is 1. The molecule has 0 saturated carbocycles. The summed E-state index contributed by atoms with van der Waals surface area (Å²) in [6, 6.07) is 9.74. The van der Waals surface area contributed by atoms with Crippen LogP contribution in [0.25, 0.3) is 0 Å². The third-order valence-electron chi connectivity index (χ3n) is 5.33. The first-order valence-corrected chi connectivity index (χ1v) is 9.42. The minimum Gasteiger partial charge on any atom is -0.370 e. The molecule has 2 saturated heterocycles. The predicted octanol–water partition coefficient (Wildman–Crippen LogP) is 3.29. The van der Waals surface area contributed by atoms with Crippen LogP contribution in [0.1, 0.15) is 34.5 Å². The number of amides is 1. The molecule has 4 rings (SSSR count). The van der Waals surface area contributed by atoms with Gasteiger partial charge in [0.05, 0.1) is 25.1 Å². The van der Waals surface area contributed by atoms with Crippen molar-refractivity contribution in [3.05, 3.63) is 53.3 Å². The van der Waals surface area contributed by atoms with Crippen LogP contribution in [0.5, 0.6) is 0 Å². The summed E-state index contributed by atoms with van der Waals surface area (Å²) in [6.45, 7) is 7.07. The molecule has 2 aliphatic rings. The van der Waals surface area contributed by atoms with Gasteiger partial charge in [-0.2, -0.15) is 0 Å². The third kappa shape index (κ3) is 3.82. The number of pyridine rings is 1. The second-order valence-electron chi connectivity index (χ2n) is 7.27. The van der Waals surface area contributed by atoms with Crippen LogP contribution in [-0.4, -0.2) is 43.0 Å². The fourth-order valence-electron chi connectivity index (χ4n) is 3.66. The molecule has 27 heavy (non-hydrogen) atoms. The minimum absolute atomic E-state index is 0.194. The molecule has 0 unspecified atom stereocenters. The maximum absolute atomic E-state index is 12.5. The molecule has 1 aromatic heterocycles. The molecule has 0 bridgehead atoms. The first-order valence-electron chi connectivity index (χ1n) is 9.42. The van der Waals surface area contributed by atoms with E-state index in [4.69, 9.17) is 9.47 Å². The van der Waals surface area contributed by atoms with Crippen molar-refractivity contribution < 1.29 is 14.3 Å². The van der Waals surface area contributed by atoms with Gasteiger partial charge in [-0.3, -0.25) is 4.79 Å². The van der Waals surface area contributed by atoms with Gasteiger partial charge in [-0.25, -0.2) is 4.98 Å². The molecule has 2 aromatic rings. The van der Waals surface area contributed by atoms with E-state index in [1.807, 2.05) is 38.1 Å². The molecule has 0 atom stereocenters. The van der Waals surface area contributed by atoms with E-state index in [0.717, 1.165) is 48.4 Å². The van der Waals surface area contributed by atoms with Gasteiger partial charge in [0.15, 0.2) is 5.79 Å². The van der Waals surface area contributed by atoms with Crippen molar-refractivity contribution in [2.24, 2.45) is 0 Å². The molecule has 1 aromatic carbocycles. The maximum atomic E-state index is 12.5. The predicted molar refractivity (Wildman–Crippen MR) is 104 cm³/mol. The average molecular weight is 367 g/mol. The molecule has 142 valence electrons. The van der Waals surface area contributed by atoms with Crippen LogP contribution in [0.3, 0.4) is 0 Å². The lowest BCUT2D eigenvalue weighted by atomic mass is 10.0. The van der Waals surface area contributed by atoms with Gasteiger partial charge in [-0.15, -0.1) is 0 Å². The number of nitrogens with one attached hydrogen (secondary N) is 1. The summed E-state index contributed by atoms with van der Waals surface area (Å²) < 4.78 is 11.5. The number of carbonyl (C=O) groups is 1. The van der Waals surface area contributed by atoms with Crippen molar-refractivity contribution in [2.45, 2.75) is 32.5 Å². The van der Waals surface area contributed by atoms with Gasteiger partial charge < -0.3 is 19.7 Å². The summed E-state index contributed by atoms with van der Waals surface area (Å²) in [4.78, 5) is 19.1.